The molecule has 0 amide bonds. The summed E-state index contributed by atoms with van der Waals surface area (Å²) in [6.07, 6.45) is 5.37. The third-order valence-electron chi connectivity index (χ3n) is 3.62. The lowest BCUT2D eigenvalue weighted by Gasteiger charge is -2.16. The first kappa shape index (κ1) is 13.5. The van der Waals surface area contributed by atoms with Gasteiger partial charge in [0.2, 0.25) is 0 Å². The maximum atomic E-state index is 4.54. The number of aromatic nitrogens is 3. The molecule has 0 bridgehead atoms. The quantitative estimate of drug-likeness (QED) is 0.790. The molecule has 0 aliphatic heterocycles. The molecule has 0 atom stereocenters. The van der Waals surface area contributed by atoms with Crippen LogP contribution >= 0.6 is 0 Å². The lowest BCUT2D eigenvalue weighted by atomic mass is 9.95. The Morgan fingerprint density at radius 1 is 1.05 bits per heavy atom. The Morgan fingerprint density at radius 3 is 2.62 bits per heavy atom. The summed E-state index contributed by atoms with van der Waals surface area (Å²) in [6, 6.07) is 8.25. The van der Waals surface area contributed by atoms with Gasteiger partial charge in [-0.1, -0.05) is 38.1 Å². The molecule has 3 aromatic rings. The zero-order chi connectivity index (χ0) is 14.8. The SMILES string of the molecule is CNc1ncnc(-c2cncc3ccccc23)c1C(C)C. The number of hydrogen-bond acceptors (Lipinski definition) is 4. The van der Waals surface area contributed by atoms with Gasteiger partial charge in [-0.2, -0.15) is 0 Å². The Hall–Kier alpha value is -2.49. The van der Waals surface area contributed by atoms with E-state index in [1.807, 2.05) is 31.6 Å². The van der Waals surface area contributed by atoms with Gasteiger partial charge in [0, 0.05) is 36.0 Å². The van der Waals surface area contributed by atoms with Crippen molar-refractivity contribution in [3.8, 4) is 11.3 Å². The Bertz CT molecular complexity index is 775. The largest absolute Gasteiger partial charge is 0.373 e. The first-order valence-electron chi connectivity index (χ1n) is 7.08. The fourth-order valence-electron chi connectivity index (χ4n) is 2.66. The molecule has 1 N–H and O–H groups in total. The van der Waals surface area contributed by atoms with Crippen molar-refractivity contribution in [1.82, 2.24) is 15.0 Å². The maximum Gasteiger partial charge on any atom is 0.133 e. The van der Waals surface area contributed by atoms with E-state index in [0.717, 1.165) is 33.4 Å². The molecular weight excluding hydrogens is 260 g/mol. The van der Waals surface area contributed by atoms with E-state index in [0.29, 0.717) is 5.92 Å². The first-order valence-corrected chi connectivity index (χ1v) is 7.08. The van der Waals surface area contributed by atoms with Crippen LogP contribution in [-0.4, -0.2) is 22.0 Å². The fourth-order valence-corrected chi connectivity index (χ4v) is 2.66. The minimum atomic E-state index is 0.322. The number of anilines is 1. The molecule has 2 aromatic heterocycles. The molecule has 21 heavy (non-hydrogen) atoms. The number of rotatable bonds is 3. The van der Waals surface area contributed by atoms with Gasteiger partial charge in [-0.3, -0.25) is 4.98 Å². The van der Waals surface area contributed by atoms with Crippen LogP contribution in [-0.2, 0) is 0 Å². The van der Waals surface area contributed by atoms with E-state index in [9.17, 15) is 0 Å². The number of benzene rings is 1. The van der Waals surface area contributed by atoms with Gasteiger partial charge in [-0.05, 0) is 11.3 Å². The number of hydrogen-bond donors (Lipinski definition) is 1. The average molecular weight is 278 g/mol. The molecule has 0 saturated carbocycles. The zero-order valence-electron chi connectivity index (χ0n) is 12.5. The van der Waals surface area contributed by atoms with E-state index in [4.69, 9.17) is 0 Å². The van der Waals surface area contributed by atoms with Gasteiger partial charge in [0.1, 0.15) is 12.1 Å². The lowest BCUT2D eigenvalue weighted by molar-refractivity contribution is 0.852. The minimum Gasteiger partial charge on any atom is -0.373 e. The Morgan fingerprint density at radius 2 is 1.86 bits per heavy atom. The van der Waals surface area contributed by atoms with E-state index >= 15 is 0 Å². The van der Waals surface area contributed by atoms with Crippen LogP contribution in [0.4, 0.5) is 5.82 Å². The molecule has 0 saturated heterocycles. The van der Waals surface area contributed by atoms with E-state index < -0.39 is 0 Å². The van der Waals surface area contributed by atoms with Crippen molar-refractivity contribution in [3.63, 3.8) is 0 Å². The van der Waals surface area contributed by atoms with Crippen LogP contribution < -0.4 is 5.32 Å². The van der Waals surface area contributed by atoms with Crippen LogP contribution in [0.25, 0.3) is 22.0 Å². The number of nitrogens with zero attached hydrogens (tertiary/aromatic N) is 3. The normalized spacial score (nSPS) is 11.0. The van der Waals surface area contributed by atoms with Crippen LogP contribution in [0.15, 0.2) is 43.0 Å². The molecule has 1 aromatic carbocycles. The summed E-state index contributed by atoms with van der Waals surface area (Å²) in [5.41, 5.74) is 3.13. The molecular formula is C17H18N4. The summed E-state index contributed by atoms with van der Waals surface area (Å²) in [7, 11) is 1.89. The highest BCUT2D eigenvalue weighted by molar-refractivity contribution is 5.96. The monoisotopic (exact) mass is 278 g/mol. The van der Waals surface area contributed by atoms with Crippen LogP contribution in [0.5, 0.6) is 0 Å². The van der Waals surface area contributed by atoms with Crippen molar-refractivity contribution in [3.05, 3.63) is 48.5 Å². The second-order valence-electron chi connectivity index (χ2n) is 5.30. The summed E-state index contributed by atoms with van der Waals surface area (Å²) in [6.45, 7) is 4.31. The molecule has 0 unspecified atom stereocenters. The lowest BCUT2D eigenvalue weighted by Crippen LogP contribution is -2.05. The maximum absolute atomic E-state index is 4.54. The topological polar surface area (TPSA) is 50.7 Å². The fraction of sp³-hybridized carbons (Fsp3) is 0.235. The Balaban J connectivity index is 2.33. The molecule has 3 rings (SSSR count). The van der Waals surface area contributed by atoms with E-state index in [1.165, 1.54) is 0 Å². The number of pyridine rings is 1. The molecule has 0 aliphatic rings. The molecule has 4 heteroatoms. The smallest absolute Gasteiger partial charge is 0.133 e. The molecule has 0 fully saturated rings. The van der Waals surface area contributed by atoms with Crippen molar-refractivity contribution < 1.29 is 0 Å². The third kappa shape index (κ3) is 2.33. The molecule has 0 radical (unpaired) electrons. The average Bonchev–Trinajstić information content (AvgIpc) is 2.53. The van der Waals surface area contributed by atoms with Crippen molar-refractivity contribution in [2.45, 2.75) is 19.8 Å². The van der Waals surface area contributed by atoms with Crippen molar-refractivity contribution >= 4 is 16.6 Å². The van der Waals surface area contributed by atoms with Crippen molar-refractivity contribution in [2.75, 3.05) is 12.4 Å². The highest BCUT2D eigenvalue weighted by atomic mass is 15.0. The zero-order valence-corrected chi connectivity index (χ0v) is 12.5. The van der Waals surface area contributed by atoms with Gasteiger partial charge >= 0.3 is 0 Å². The van der Waals surface area contributed by atoms with Gasteiger partial charge in [-0.15, -0.1) is 0 Å². The third-order valence-corrected chi connectivity index (χ3v) is 3.62. The molecule has 4 nitrogen and oxygen atoms in total. The van der Waals surface area contributed by atoms with Crippen LogP contribution in [0.3, 0.4) is 0 Å². The van der Waals surface area contributed by atoms with Gasteiger partial charge in [0.15, 0.2) is 0 Å². The number of fused-ring (bicyclic) bond motifs is 1. The van der Waals surface area contributed by atoms with Crippen molar-refractivity contribution in [1.29, 1.82) is 0 Å². The Labute approximate surface area is 124 Å². The minimum absolute atomic E-state index is 0.322. The van der Waals surface area contributed by atoms with Gasteiger partial charge in [-0.25, -0.2) is 9.97 Å². The van der Waals surface area contributed by atoms with E-state index in [2.05, 4.69) is 46.2 Å². The summed E-state index contributed by atoms with van der Waals surface area (Å²) < 4.78 is 0. The predicted octanol–water partition coefficient (Wildman–Crippen LogP) is 3.86. The van der Waals surface area contributed by atoms with Crippen LogP contribution in [0.1, 0.15) is 25.3 Å². The van der Waals surface area contributed by atoms with Crippen LogP contribution in [0, 0.1) is 0 Å². The summed E-state index contributed by atoms with van der Waals surface area (Å²) in [4.78, 5) is 13.2. The molecule has 0 spiro atoms. The second-order valence-corrected chi connectivity index (χ2v) is 5.30. The molecule has 106 valence electrons. The Kier molecular flexibility index (Phi) is 3.52. The summed E-state index contributed by atoms with van der Waals surface area (Å²) in [5.74, 6) is 1.20. The predicted molar refractivity (Wildman–Crippen MR) is 86.4 cm³/mol. The van der Waals surface area contributed by atoms with Gasteiger partial charge in [0.25, 0.3) is 0 Å². The van der Waals surface area contributed by atoms with Crippen molar-refractivity contribution in [2.24, 2.45) is 0 Å². The van der Waals surface area contributed by atoms with E-state index in [1.54, 1.807) is 6.33 Å². The standard InChI is InChI=1S/C17H18N4/c1-11(2)15-16(20-10-21-17(15)18-3)14-9-19-8-12-6-4-5-7-13(12)14/h4-11H,1-3H3,(H,18,20,21). The number of nitrogens with one attached hydrogen (secondary N) is 1. The summed E-state index contributed by atoms with van der Waals surface area (Å²) in [5, 5.41) is 5.45. The van der Waals surface area contributed by atoms with E-state index in [-0.39, 0.29) is 0 Å². The van der Waals surface area contributed by atoms with Crippen LogP contribution in [0.2, 0.25) is 0 Å². The highest BCUT2D eigenvalue weighted by Gasteiger charge is 2.17. The summed E-state index contributed by atoms with van der Waals surface area (Å²) >= 11 is 0. The van der Waals surface area contributed by atoms with Gasteiger partial charge < -0.3 is 5.32 Å². The van der Waals surface area contributed by atoms with Gasteiger partial charge in [0.05, 0.1) is 5.69 Å². The first-order chi connectivity index (χ1) is 10.2. The molecule has 2 heterocycles. The molecule has 0 aliphatic carbocycles. The highest BCUT2D eigenvalue weighted by Crippen LogP contribution is 2.34. The second kappa shape index (κ2) is 5.48.